The Morgan fingerprint density at radius 2 is 1.48 bits per heavy atom. The Hall–Kier alpha value is -1.39. The lowest BCUT2D eigenvalue weighted by molar-refractivity contribution is -0.132. The Bertz CT molecular complexity index is 566. The second-order valence-corrected chi connectivity index (χ2v) is 8.42. The zero-order valence-corrected chi connectivity index (χ0v) is 15.8. The minimum absolute atomic E-state index is 0.0198. The van der Waals surface area contributed by atoms with Crippen molar-refractivity contribution in [3.05, 3.63) is 0 Å². The van der Waals surface area contributed by atoms with Crippen molar-refractivity contribution in [3.63, 3.8) is 0 Å². The highest BCUT2D eigenvalue weighted by Crippen LogP contribution is 2.10. The van der Waals surface area contributed by atoms with Crippen LogP contribution >= 0.6 is 0 Å². The van der Waals surface area contributed by atoms with Gasteiger partial charge in [-0.15, -0.1) is 0 Å². The van der Waals surface area contributed by atoms with Crippen molar-refractivity contribution < 1.29 is 22.7 Å². The summed E-state index contributed by atoms with van der Waals surface area (Å²) in [5, 5.41) is 0. The van der Waals surface area contributed by atoms with Gasteiger partial charge in [-0.2, -0.15) is 4.31 Å². The minimum atomic E-state index is -3.40. The van der Waals surface area contributed by atoms with Crippen molar-refractivity contribution in [2.24, 2.45) is 0 Å². The first-order chi connectivity index (χ1) is 11.8. The standard InChI is InChI=1S/C15H28N4O5S/c1-3-24-15(21)18-9-7-17(8-10-18)14(20)4-13-25(22,23)19-11-5-16(2)6-12-19/h3-13H2,1-2H3. The van der Waals surface area contributed by atoms with Crippen LogP contribution in [0, 0.1) is 0 Å². The summed E-state index contributed by atoms with van der Waals surface area (Å²) in [6, 6.07) is 0. The van der Waals surface area contributed by atoms with Crippen LogP contribution in [0.25, 0.3) is 0 Å². The van der Waals surface area contributed by atoms with Crippen LogP contribution in [0.1, 0.15) is 13.3 Å². The number of sulfonamides is 1. The Kier molecular flexibility index (Phi) is 7.03. The summed E-state index contributed by atoms with van der Waals surface area (Å²) < 4.78 is 31.1. The van der Waals surface area contributed by atoms with E-state index in [1.54, 1.807) is 16.7 Å². The Balaban J connectivity index is 1.76. The largest absolute Gasteiger partial charge is 0.450 e. The third-order valence-electron chi connectivity index (χ3n) is 4.59. The molecular formula is C15H28N4O5S. The van der Waals surface area contributed by atoms with E-state index in [-0.39, 0.29) is 24.2 Å². The first-order valence-corrected chi connectivity index (χ1v) is 10.3. The van der Waals surface area contributed by atoms with E-state index in [1.165, 1.54) is 4.31 Å². The summed E-state index contributed by atoms with van der Waals surface area (Å²) in [5.74, 6) is -0.339. The monoisotopic (exact) mass is 376 g/mol. The van der Waals surface area contributed by atoms with E-state index in [0.717, 1.165) is 0 Å². The van der Waals surface area contributed by atoms with Crippen LogP contribution in [0.4, 0.5) is 4.79 Å². The predicted molar refractivity (Wildman–Crippen MR) is 92.6 cm³/mol. The number of ether oxygens (including phenoxy) is 1. The molecule has 9 nitrogen and oxygen atoms in total. The Morgan fingerprint density at radius 3 is 2.04 bits per heavy atom. The van der Waals surface area contributed by atoms with E-state index < -0.39 is 10.0 Å². The number of piperazine rings is 2. The second kappa shape index (κ2) is 8.81. The second-order valence-electron chi connectivity index (χ2n) is 6.34. The van der Waals surface area contributed by atoms with E-state index in [9.17, 15) is 18.0 Å². The number of carbonyl (C=O) groups is 2. The molecule has 0 aliphatic carbocycles. The van der Waals surface area contributed by atoms with Crippen molar-refractivity contribution in [1.29, 1.82) is 0 Å². The van der Waals surface area contributed by atoms with E-state index in [2.05, 4.69) is 4.90 Å². The Labute approximate surface area is 149 Å². The summed E-state index contributed by atoms with van der Waals surface area (Å²) in [5.41, 5.74) is 0. The van der Waals surface area contributed by atoms with Crippen molar-refractivity contribution >= 4 is 22.0 Å². The maximum atomic E-state index is 12.4. The van der Waals surface area contributed by atoms with E-state index in [4.69, 9.17) is 4.74 Å². The zero-order chi connectivity index (χ0) is 18.4. The van der Waals surface area contributed by atoms with Crippen molar-refractivity contribution in [1.82, 2.24) is 19.0 Å². The molecule has 2 amide bonds. The molecule has 2 heterocycles. The molecule has 0 aromatic carbocycles. The van der Waals surface area contributed by atoms with Crippen LogP contribution in [-0.2, 0) is 19.6 Å². The molecule has 25 heavy (non-hydrogen) atoms. The summed E-state index contributed by atoms with van der Waals surface area (Å²) in [6.45, 7) is 6.09. The van der Waals surface area contributed by atoms with Gasteiger partial charge in [-0.1, -0.05) is 0 Å². The third kappa shape index (κ3) is 5.55. The van der Waals surface area contributed by atoms with Gasteiger partial charge in [0.15, 0.2) is 0 Å². The molecule has 2 aliphatic heterocycles. The van der Waals surface area contributed by atoms with Gasteiger partial charge in [0.1, 0.15) is 0 Å². The van der Waals surface area contributed by atoms with Crippen LogP contribution in [0.15, 0.2) is 0 Å². The summed E-state index contributed by atoms with van der Waals surface area (Å²) in [6.07, 6.45) is -0.388. The highest BCUT2D eigenvalue weighted by atomic mass is 32.2. The average Bonchev–Trinajstić information content (AvgIpc) is 2.60. The highest BCUT2D eigenvalue weighted by molar-refractivity contribution is 7.89. The van der Waals surface area contributed by atoms with E-state index in [1.807, 2.05) is 7.05 Å². The molecule has 0 radical (unpaired) electrons. The maximum Gasteiger partial charge on any atom is 0.409 e. The first-order valence-electron chi connectivity index (χ1n) is 8.69. The minimum Gasteiger partial charge on any atom is -0.450 e. The topological polar surface area (TPSA) is 90.5 Å². The molecule has 0 saturated carbocycles. The van der Waals surface area contributed by atoms with Crippen LogP contribution in [-0.4, -0.2) is 111 Å². The lowest BCUT2D eigenvalue weighted by Gasteiger charge is -2.34. The number of hydrogen-bond acceptors (Lipinski definition) is 6. The van der Waals surface area contributed by atoms with Gasteiger partial charge in [-0.05, 0) is 14.0 Å². The molecule has 144 valence electrons. The fraction of sp³-hybridized carbons (Fsp3) is 0.867. The lowest BCUT2D eigenvalue weighted by Crippen LogP contribution is -2.51. The molecule has 0 unspecified atom stereocenters. The van der Waals surface area contributed by atoms with E-state index >= 15 is 0 Å². The fourth-order valence-electron chi connectivity index (χ4n) is 2.92. The van der Waals surface area contributed by atoms with Gasteiger partial charge in [0, 0.05) is 58.8 Å². The summed E-state index contributed by atoms with van der Waals surface area (Å²) >= 11 is 0. The molecule has 0 spiro atoms. The number of nitrogens with zero attached hydrogens (tertiary/aromatic N) is 4. The molecule has 0 aromatic heterocycles. The molecule has 2 aliphatic rings. The van der Waals surface area contributed by atoms with Crippen molar-refractivity contribution in [2.45, 2.75) is 13.3 Å². The molecular weight excluding hydrogens is 348 g/mol. The number of carbonyl (C=O) groups excluding carboxylic acids is 2. The van der Waals surface area contributed by atoms with Gasteiger partial charge < -0.3 is 19.4 Å². The number of amides is 2. The molecule has 0 N–H and O–H groups in total. The molecule has 10 heteroatoms. The van der Waals surface area contributed by atoms with Gasteiger partial charge in [-0.3, -0.25) is 4.79 Å². The summed E-state index contributed by atoms with van der Waals surface area (Å²) in [4.78, 5) is 29.2. The first kappa shape index (κ1) is 19.9. The quantitative estimate of drug-likeness (QED) is 0.627. The van der Waals surface area contributed by atoms with Crippen LogP contribution in [0.5, 0.6) is 0 Å². The molecule has 0 aromatic rings. The summed E-state index contributed by atoms with van der Waals surface area (Å²) in [7, 11) is -1.44. The SMILES string of the molecule is CCOC(=O)N1CCN(C(=O)CCS(=O)(=O)N2CCN(C)CC2)CC1. The van der Waals surface area contributed by atoms with E-state index in [0.29, 0.717) is 59.0 Å². The number of likely N-dealkylation sites (N-methyl/N-ethyl adjacent to an activating group) is 1. The van der Waals surface area contributed by atoms with Gasteiger partial charge in [0.25, 0.3) is 0 Å². The molecule has 2 saturated heterocycles. The van der Waals surface area contributed by atoms with Crippen molar-refractivity contribution in [2.75, 3.05) is 71.8 Å². The molecule has 0 bridgehead atoms. The normalized spacial score (nSPS) is 20.6. The number of hydrogen-bond donors (Lipinski definition) is 0. The molecule has 2 rings (SSSR count). The molecule has 0 atom stereocenters. The third-order valence-corrected chi connectivity index (χ3v) is 6.46. The van der Waals surface area contributed by atoms with Crippen LogP contribution < -0.4 is 0 Å². The predicted octanol–water partition coefficient (Wildman–Crippen LogP) is -0.746. The van der Waals surface area contributed by atoms with Crippen molar-refractivity contribution in [3.8, 4) is 0 Å². The zero-order valence-electron chi connectivity index (χ0n) is 15.0. The average molecular weight is 376 g/mol. The lowest BCUT2D eigenvalue weighted by atomic mass is 10.3. The maximum absolute atomic E-state index is 12.4. The van der Waals surface area contributed by atoms with Crippen LogP contribution in [0.3, 0.4) is 0 Å². The fourth-order valence-corrected chi connectivity index (χ4v) is 4.33. The van der Waals surface area contributed by atoms with Gasteiger partial charge in [0.2, 0.25) is 15.9 Å². The highest BCUT2D eigenvalue weighted by Gasteiger charge is 2.29. The smallest absolute Gasteiger partial charge is 0.409 e. The van der Waals surface area contributed by atoms with Gasteiger partial charge in [0.05, 0.1) is 12.4 Å². The van der Waals surface area contributed by atoms with Gasteiger partial charge in [-0.25, -0.2) is 13.2 Å². The number of rotatable bonds is 5. The molecule has 2 fully saturated rings. The van der Waals surface area contributed by atoms with Crippen LogP contribution in [0.2, 0.25) is 0 Å². The Morgan fingerprint density at radius 1 is 0.920 bits per heavy atom. The van der Waals surface area contributed by atoms with Gasteiger partial charge >= 0.3 is 6.09 Å².